The van der Waals surface area contributed by atoms with Gasteiger partial charge in [-0.3, -0.25) is 4.79 Å². The molecule has 1 amide bonds. The third kappa shape index (κ3) is 2.80. The maximum Gasteiger partial charge on any atom is 0.259 e. The molecule has 0 fully saturated rings. The SMILES string of the molecule is C[C@@H]1CN(C(=O)c2ccc(O)cc2Cl)c2ccccc2CN1. The third-order valence-electron chi connectivity index (χ3n) is 3.81. The van der Waals surface area contributed by atoms with Crippen LogP contribution < -0.4 is 10.2 Å². The molecular formula is C17H17ClN2O2. The fraction of sp³-hybridized carbons (Fsp3) is 0.235. The van der Waals surface area contributed by atoms with Gasteiger partial charge in [-0.15, -0.1) is 0 Å². The Balaban J connectivity index is 2.03. The van der Waals surface area contributed by atoms with Crippen molar-refractivity contribution in [1.29, 1.82) is 0 Å². The van der Waals surface area contributed by atoms with Crippen molar-refractivity contribution in [3.05, 3.63) is 58.6 Å². The number of phenolic OH excluding ortho intramolecular Hbond substituents is 1. The van der Waals surface area contributed by atoms with E-state index in [1.165, 1.54) is 12.1 Å². The van der Waals surface area contributed by atoms with E-state index in [4.69, 9.17) is 11.6 Å². The second kappa shape index (κ2) is 5.99. The van der Waals surface area contributed by atoms with Crippen molar-refractivity contribution in [2.75, 3.05) is 11.4 Å². The third-order valence-corrected chi connectivity index (χ3v) is 4.12. The fourth-order valence-corrected chi connectivity index (χ4v) is 2.92. The van der Waals surface area contributed by atoms with Gasteiger partial charge < -0.3 is 15.3 Å². The highest BCUT2D eigenvalue weighted by molar-refractivity contribution is 6.34. The summed E-state index contributed by atoms with van der Waals surface area (Å²) in [5.74, 6) is -0.110. The number of nitrogens with one attached hydrogen (secondary N) is 1. The molecule has 0 aliphatic carbocycles. The largest absolute Gasteiger partial charge is 0.508 e. The molecule has 0 saturated carbocycles. The van der Waals surface area contributed by atoms with Gasteiger partial charge in [-0.25, -0.2) is 0 Å². The summed E-state index contributed by atoms with van der Waals surface area (Å²) >= 11 is 6.12. The molecule has 1 aliphatic heterocycles. The Morgan fingerprint density at radius 3 is 2.86 bits per heavy atom. The first-order valence-electron chi connectivity index (χ1n) is 7.18. The van der Waals surface area contributed by atoms with Gasteiger partial charge in [0.25, 0.3) is 5.91 Å². The van der Waals surface area contributed by atoms with Gasteiger partial charge in [0.1, 0.15) is 5.75 Å². The monoisotopic (exact) mass is 316 g/mol. The van der Waals surface area contributed by atoms with Gasteiger partial charge in [0.05, 0.1) is 10.6 Å². The summed E-state index contributed by atoms with van der Waals surface area (Å²) in [6, 6.07) is 12.4. The Morgan fingerprint density at radius 2 is 2.09 bits per heavy atom. The molecule has 114 valence electrons. The van der Waals surface area contributed by atoms with Gasteiger partial charge >= 0.3 is 0 Å². The van der Waals surface area contributed by atoms with Crippen LogP contribution in [0.15, 0.2) is 42.5 Å². The number of rotatable bonds is 1. The quantitative estimate of drug-likeness (QED) is 0.849. The molecule has 1 atom stereocenters. The lowest BCUT2D eigenvalue weighted by Crippen LogP contribution is -2.39. The van der Waals surface area contributed by atoms with E-state index in [0.717, 1.165) is 17.8 Å². The van der Waals surface area contributed by atoms with E-state index in [1.54, 1.807) is 11.0 Å². The molecule has 22 heavy (non-hydrogen) atoms. The summed E-state index contributed by atoms with van der Waals surface area (Å²) in [5.41, 5.74) is 2.37. The molecule has 1 aliphatic rings. The highest BCUT2D eigenvalue weighted by Crippen LogP contribution is 2.28. The number of aromatic hydroxyl groups is 1. The number of para-hydroxylation sites is 1. The summed E-state index contributed by atoms with van der Waals surface area (Å²) < 4.78 is 0. The van der Waals surface area contributed by atoms with Crippen LogP contribution in [0.1, 0.15) is 22.8 Å². The second-order valence-corrected chi connectivity index (χ2v) is 5.90. The molecule has 3 rings (SSSR count). The van der Waals surface area contributed by atoms with Crippen LogP contribution in [-0.4, -0.2) is 23.6 Å². The van der Waals surface area contributed by atoms with Crippen molar-refractivity contribution in [2.24, 2.45) is 0 Å². The van der Waals surface area contributed by atoms with Gasteiger partial charge in [0, 0.05) is 24.8 Å². The van der Waals surface area contributed by atoms with Crippen LogP contribution in [0.5, 0.6) is 5.75 Å². The van der Waals surface area contributed by atoms with E-state index >= 15 is 0 Å². The molecule has 0 saturated heterocycles. The van der Waals surface area contributed by atoms with Crippen LogP contribution in [0, 0.1) is 0 Å². The highest BCUT2D eigenvalue weighted by atomic mass is 35.5. The number of hydrogen-bond donors (Lipinski definition) is 2. The average molecular weight is 317 g/mol. The smallest absolute Gasteiger partial charge is 0.259 e. The average Bonchev–Trinajstić information content (AvgIpc) is 2.66. The summed E-state index contributed by atoms with van der Waals surface area (Å²) in [4.78, 5) is 14.7. The molecule has 0 unspecified atom stereocenters. The lowest BCUT2D eigenvalue weighted by molar-refractivity contribution is 0.0985. The van der Waals surface area contributed by atoms with Crippen LogP contribution in [-0.2, 0) is 6.54 Å². The molecule has 0 bridgehead atoms. The number of nitrogens with zero attached hydrogens (tertiary/aromatic N) is 1. The molecule has 0 aromatic heterocycles. The fourth-order valence-electron chi connectivity index (χ4n) is 2.66. The van der Waals surface area contributed by atoms with Gasteiger partial charge in [-0.05, 0) is 36.8 Å². The topological polar surface area (TPSA) is 52.6 Å². The van der Waals surface area contributed by atoms with E-state index in [0.29, 0.717) is 12.1 Å². The van der Waals surface area contributed by atoms with Crippen LogP contribution in [0.3, 0.4) is 0 Å². The van der Waals surface area contributed by atoms with Gasteiger partial charge in [0.15, 0.2) is 0 Å². The zero-order chi connectivity index (χ0) is 15.7. The minimum absolute atomic E-state index is 0.0489. The molecule has 2 aromatic carbocycles. The van der Waals surface area contributed by atoms with Gasteiger partial charge in [-0.1, -0.05) is 29.8 Å². The number of anilines is 1. The number of hydrogen-bond acceptors (Lipinski definition) is 3. The number of halogens is 1. The van der Waals surface area contributed by atoms with E-state index in [2.05, 4.69) is 5.32 Å². The first-order valence-corrected chi connectivity index (χ1v) is 7.55. The Bertz CT molecular complexity index is 718. The maximum absolute atomic E-state index is 12.9. The maximum atomic E-state index is 12.9. The number of carbonyl (C=O) groups is 1. The summed E-state index contributed by atoms with van der Waals surface area (Å²) in [6.07, 6.45) is 0. The number of carbonyl (C=O) groups excluding carboxylic acids is 1. The van der Waals surface area contributed by atoms with E-state index in [1.807, 2.05) is 31.2 Å². The van der Waals surface area contributed by atoms with Crippen molar-refractivity contribution in [1.82, 2.24) is 5.32 Å². The lowest BCUT2D eigenvalue weighted by Gasteiger charge is -2.25. The van der Waals surface area contributed by atoms with Gasteiger partial charge in [0.2, 0.25) is 0 Å². The molecule has 2 aromatic rings. The summed E-state index contributed by atoms with van der Waals surface area (Å²) in [6.45, 7) is 3.34. The number of fused-ring (bicyclic) bond motifs is 1. The normalized spacial score (nSPS) is 17.7. The van der Waals surface area contributed by atoms with Crippen molar-refractivity contribution in [2.45, 2.75) is 19.5 Å². The molecular weight excluding hydrogens is 300 g/mol. The Kier molecular flexibility index (Phi) is 4.05. The van der Waals surface area contributed by atoms with E-state index in [-0.39, 0.29) is 22.7 Å². The highest BCUT2D eigenvalue weighted by Gasteiger charge is 2.26. The number of benzene rings is 2. The molecule has 0 radical (unpaired) electrons. The van der Waals surface area contributed by atoms with E-state index < -0.39 is 0 Å². The zero-order valence-corrected chi connectivity index (χ0v) is 13.0. The Hall–Kier alpha value is -2.04. The lowest BCUT2D eigenvalue weighted by atomic mass is 10.1. The van der Waals surface area contributed by atoms with Crippen molar-refractivity contribution in [3.63, 3.8) is 0 Å². The minimum atomic E-state index is -0.159. The zero-order valence-electron chi connectivity index (χ0n) is 12.2. The minimum Gasteiger partial charge on any atom is -0.508 e. The predicted molar refractivity (Wildman–Crippen MR) is 87.5 cm³/mol. The molecule has 1 heterocycles. The Morgan fingerprint density at radius 1 is 1.32 bits per heavy atom. The molecule has 4 nitrogen and oxygen atoms in total. The summed E-state index contributed by atoms with van der Waals surface area (Å²) in [5, 5.41) is 13.1. The van der Waals surface area contributed by atoms with E-state index in [9.17, 15) is 9.90 Å². The first-order chi connectivity index (χ1) is 10.6. The standard InChI is InChI=1S/C17H17ClN2O2/c1-11-10-20(16-5-3-2-4-12(16)9-19-11)17(22)14-7-6-13(21)8-15(14)18/h2-8,11,19,21H,9-10H2,1H3/t11-/m1/s1. The number of phenols is 1. The molecule has 2 N–H and O–H groups in total. The predicted octanol–water partition coefficient (Wildman–Crippen LogP) is 3.18. The summed E-state index contributed by atoms with van der Waals surface area (Å²) in [7, 11) is 0. The van der Waals surface area contributed by atoms with Gasteiger partial charge in [-0.2, -0.15) is 0 Å². The first kappa shape index (κ1) is 14.9. The van der Waals surface area contributed by atoms with Crippen molar-refractivity contribution < 1.29 is 9.90 Å². The van der Waals surface area contributed by atoms with Crippen LogP contribution >= 0.6 is 11.6 Å². The van der Waals surface area contributed by atoms with Crippen LogP contribution in [0.4, 0.5) is 5.69 Å². The Labute approximate surface area is 134 Å². The number of amides is 1. The van der Waals surface area contributed by atoms with Crippen molar-refractivity contribution >= 4 is 23.2 Å². The second-order valence-electron chi connectivity index (χ2n) is 5.49. The molecule has 0 spiro atoms. The van der Waals surface area contributed by atoms with Crippen molar-refractivity contribution in [3.8, 4) is 5.75 Å². The van der Waals surface area contributed by atoms with Crippen LogP contribution in [0.2, 0.25) is 5.02 Å². The van der Waals surface area contributed by atoms with Crippen LogP contribution in [0.25, 0.3) is 0 Å². The molecule has 5 heteroatoms.